The second-order valence-corrected chi connectivity index (χ2v) is 2.86. The largest absolute Gasteiger partial charge is 0.478 e. The smallest absolute Gasteiger partial charge is 0.339 e. The molecule has 1 aromatic rings. The van der Waals surface area contributed by atoms with Gasteiger partial charge in [-0.1, -0.05) is 0 Å². The molecule has 0 atom stereocenters. The summed E-state index contributed by atoms with van der Waals surface area (Å²) < 4.78 is 4.96. The first-order valence-electron chi connectivity index (χ1n) is 3.04. The third-order valence-electron chi connectivity index (χ3n) is 1.25. The lowest BCUT2D eigenvalue weighted by atomic mass is 10.3. The summed E-state index contributed by atoms with van der Waals surface area (Å²) in [6, 6.07) is 1.47. The molecule has 0 radical (unpaired) electrons. The summed E-state index contributed by atoms with van der Waals surface area (Å²) in [6.07, 6.45) is 3.29. The Bertz CT molecular complexity index is 254. The summed E-state index contributed by atoms with van der Waals surface area (Å²) in [4.78, 5) is 10.5. The Balaban J connectivity index is 2.87. The topological polar surface area (TPSA) is 50.4 Å². The van der Waals surface area contributed by atoms with Gasteiger partial charge in [0.25, 0.3) is 0 Å². The minimum Gasteiger partial charge on any atom is -0.478 e. The van der Waals surface area contributed by atoms with E-state index in [1.165, 1.54) is 24.1 Å². The van der Waals surface area contributed by atoms with E-state index in [4.69, 9.17) is 9.52 Å². The van der Waals surface area contributed by atoms with Crippen LogP contribution in [-0.2, 0) is 5.75 Å². The number of aromatic carboxylic acids is 1. The number of rotatable bonds is 3. The molecule has 0 fully saturated rings. The summed E-state index contributed by atoms with van der Waals surface area (Å²) >= 11 is 1.53. The van der Waals surface area contributed by atoms with E-state index in [-0.39, 0.29) is 5.56 Å². The van der Waals surface area contributed by atoms with Crippen LogP contribution in [-0.4, -0.2) is 17.3 Å². The van der Waals surface area contributed by atoms with Gasteiger partial charge in [-0.05, 0) is 12.3 Å². The fourth-order valence-corrected chi connectivity index (χ4v) is 1.26. The number of carboxylic acid groups (broad SMARTS) is 1. The molecule has 1 N–H and O–H groups in total. The maximum Gasteiger partial charge on any atom is 0.339 e. The van der Waals surface area contributed by atoms with Crippen LogP contribution in [0.1, 0.15) is 16.1 Å². The Hall–Kier alpha value is -0.900. The first-order valence-corrected chi connectivity index (χ1v) is 4.43. The molecule has 3 nitrogen and oxygen atoms in total. The van der Waals surface area contributed by atoms with Crippen molar-refractivity contribution in [3.05, 3.63) is 23.7 Å². The molecule has 0 amide bonds. The van der Waals surface area contributed by atoms with E-state index in [9.17, 15) is 4.79 Å². The quantitative estimate of drug-likeness (QED) is 0.755. The number of hydrogen-bond acceptors (Lipinski definition) is 3. The Morgan fingerprint density at radius 1 is 1.82 bits per heavy atom. The molecule has 0 aliphatic carbocycles. The molecule has 0 saturated carbocycles. The number of carbonyl (C=O) groups is 1. The van der Waals surface area contributed by atoms with Gasteiger partial charge >= 0.3 is 5.97 Å². The SMILES string of the molecule is CSCc1occc1C(=O)O. The molecular weight excluding hydrogens is 164 g/mol. The lowest BCUT2D eigenvalue weighted by molar-refractivity contribution is 0.0695. The average molecular weight is 172 g/mol. The molecule has 0 unspecified atom stereocenters. The molecule has 11 heavy (non-hydrogen) atoms. The van der Waals surface area contributed by atoms with Crippen molar-refractivity contribution in [2.75, 3.05) is 6.26 Å². The van der Waals surface area contributed by atoms with Gasteiger partial charge in [-0.2, -0.15) is 11.8 Å². The molecule has 0 aliphatic rings. The van der Waals surface area contributed by atoms with E-state index >= 15 is 0 Å². The van der Waals surface area contributed by atoms with Crippen molar-refractivity contribution in [1.82, 2.24) is 0 Å². The van der Waals surface area contributed by atoms with Crippen LogP contribution in [0.15, 0.2) is 16.7 Å². The predicted octanol–water partition coefficient (Wildman–Crippen LogP) is 1.84. The highest BCUT2D eigenvalue weighted by Gasteiger charge is 2.11. The normalized spacial score (nSPS) is 9.91. The second-order valence-electron chi connectivity index (χ2n) is 2.00. The van der Waals surface area contributed by atoms with Crippen LogP contribution < -0.4 is 0 Å². The van der Waals surface area contributed by atoms with E-state index < -0.39 is 5.97 Å². The van der Waals surface area contributed by atoms with Crippen LogP contribution in [0.2, 0.25) is 0 Å². The molecule has 1 aromatic heterocycles. The predicted molar refractivity (Wildman–Crippen MR) is 42.9 cm³/mol. The van der Waals surface area contributed by atoms with Crippen LogP contribution in [0.25, 0.3) is 0 Å². The van der Waals surface area contributed by atoms with Gasteiger partial charge in [0.2, 0.25) is 0 Å². The van der Waals surface area contributed by atoms with E-state index in [0.29, 0.717) is 11.5 Å². The molecule has 4 heteroatoms. The fourth-order valence-electron chi connectivity index (χ4n) is 0.774. The standard InChI is InChI=1S/C7H8O3S/c1-11-4-6-5(7(8)9)2-3-10-6/h2-3H,4H2,1H3,(H,8,9). The zero-order chi connectivity index (χ0) is 8.27. The van der Waals surface area contributed by atoms with Crippen LogP contribution in [0.3, 0.4) is 0 Å². The van der Waals surface area contributed by atoms with Crippen molar-refractivity contribution in [3.63, 3.8) is 0 Å². The van der Waals surface area contributed by atoms with Gasteiger partial charge in [0.05, 0.1) is 12.0 Å². The molecule has 0 saturated heterocycles. The van der Waals surface area contributed by atoms with Crippen molar-refractivity contribution < 1.29 is 14.3 Å². The first kappa shape index (κ1) is 8.20. The van der Waals surface area contributed by atoms with Gasteiger partial charge in [0, 0.05) is 0 Å². The highest BCUT2D eigenvalue weighted by Crippen LogP contribution is 2.15. The summed E-state index contributed by atoms with van der Waals surface area (Å²) in [7, 11) is 0. The summed E-state index contributed by atoms with van der Waals surface area (Å²) in [6.45, 7) is 0. The van der Waals surface area contributed by atoms with Crippen LogP contribution >= 0.6 is 11.8 Å². The molecule has 0 bridgehead atoms. The van der Waals surface area contributed by atoms with E-state index in [0.717, 1.165) is 0 Å². The van der Waals surface area contributed by atoms with Crippen molar-refractivity contribution in [2.24, 2.45) is 0 Å². The minimum atomic E-state index is -0.928. The molecular formula is C7H8O3S. The Kier molecular flexibility index (Phi) is 2.59. The van der Waals surface area contributed by atoms with Gasteiger partial charge in [-0.3, -0.25) is 0 Å². The zero-order valence-corrected chi connectivity index (χ0v) is 6.85. The molecule has 0 spiro atoms. The molecule has 60 valence electrons. The second kappa shape index (κ2) is 3.48. The van der Waals surface area contributed by atoms with Crippen molar-refractivity contribution in [2.45, 2.75) is 5.75 Å². The van der Waals surface area contributed by atoms with E-state index in [2.05, 4.69) is 0 Å². The molecule has 1 heterocycles. The highest BCUT2D eigenvalue weighted by atomic mass is 32.2. The number of thioether (sulfide) groups is 1. The first-order chi connectivity index (χ1) is 5.25. The fraction of sp³-hybridized carbons (Fsp3) is 0.286. The molecule has 0 aliphatic heterocycles. The average Bonchev–Trinajstić information content (AvgIpc) is 2.36. The van der Waals surface area contributed by atoms with Gasteiger partial charge in [-0.25, -0.2) is 4.79 Å². The van der Waals surface area contributed by atoms with Crippen LogP contribution in [0.4, 0.5) is 0 Å². The third-order valence-corrected chi connectivity index (χ3v) is 1.80. The van der Waals surface area contributed by atoms with Crippen molar-refractivity contribution in [1.29, 1.82) is 0 Å². The third kappa shape index (κ3) is 1.77. The lowest BCUT2D eigenvalue weighted by Gasteiger charge is -1.93. The van der Waals surface area contributed by atoms with Crippen molar-refractivity contribution in [3.8, 4) is 0 Å². The Labute approximate surface area is 68.4 Å². The monoisotopic (exact) mass is 172 g/mol. The minimum absolute atomic E-state index is 0.263. The van der Waals surface area contributed by atoms with E-state index in [1.54, 1.807) is 0 Å². The van der Waals surface area contributed by atoms with Gasteiger partial charge in [-0.15, -0.1) is 0 Å². The maximum atomic E-state index is 10.5. The van der Waals surface area contributed by atoms with Gasteiger partial charge in [0.15, 0.2) is 0 Å². The lowest BCUT2D eigenvalue weighted by Crippen LogP contribution is -1.97. The van der Waals surface area contributed by atoms with Gasteiger partial charge < -0.3 is 9.52 Å². The summed E-state index contributed by atoms with van der Waals surface area (Å²) in [5.41, 5.74) is 0.263. The zero-order valence-electron chi connectivity index (χ0n) is 6.03. The Morgan fingerprint density at radius 3 is 3.09 bits per heavy atom. The van der Waals surface area contributed by atoms with E-state index in [1.807, 2.05) is 6.26 Å². The number of furan rings is 1. The summed E-state index contributed by atoms with van der Waals surface area (Å²) in [5, 5.41) is 8.61. The summed E-state index contributed by atoms with van der Waals surface area (Å²) in [5.74, 6) is 0.210. The van der Waals surface area contributed by atoms with Crippen LogP contribution in [0, 0.1) is 0 Å². The molecule has 0 aromatic carbocycles. The number of hydrogen-bond donors (Lipinski definition) is 1. The van der Waals surface area contributed by atoms with Gasteiger partial charge in [0.1, 0.15) is 11.3 Å². The van der Waals surface area contributed by atoms with Crippen molar-refractivity contribution >= 4 is 17.7 Å². The van der Waals surface area contributed by atoms with Crippen LogP contribution in [0.5, 0.6) is 0 Å². The molecule has 1 rings (SSSR count). The highest BCUT2D eigenvalue weighted by molar-refractivity contribution is 7.97. The maximum absolute atomic E-state index is 10.5. The Morgan fingerprint density at radius 2 is 2.55 bits per heavy atom. The number of carboxylic acids is 1.